The molecule has 9 heteroatoms. The fourth-order valence-electron chi connectivity index (χ4n) is 2.55. The number of halogens is 3. The number of carbonyl (C=O) groups excluding carboxylic acids is 1. The van der Waals surface area contributed by atoms with Crippen LogP contribution in [0.5, 0.6) is 0 Å². The van der Waals surface area contributed by atoms with Gasteiger partial charge in [-0.3, -0.25) is 4.79 Å². The number of nitrogens with zero attached hydrogens (tertiary/aromatic N) is 1. The van der Waals surface area contributed by atoms with Gasteiger partial charge < -0.3 is 5.32 Å². The molecule has 0 aliphatic rings. The highest BCUT2D eigenvalue weighted by atomic mass is 35.5. The zero-order valence-electron chi connectivity index (χ0n) is 15.5. The van der Waals surface area contributed by atoms with Crippen LogP contribution in [0.2, 0.25) is 10.0 Å². The van der Waals surface area contributed by atoms with Crippen LogP contribution in [0.4, 0.5) is 4.39 Å². The molecule has 0 bridgehead atoms. The van der Waals surface area contributed by atoms with Gasteiger partial charge in [0.05, 0.1) is 21.0 Å². The van der Waals surface area contributed by atoms with Crippen molar-refractivity contribution < 1.29 is 17.6 Å². The first-order chi connectivity index (χ1) is 13.1. The van der Waals surface area contributed by atoms with Crippen LogP contribution >= 0.6 is 23.2 Å². The number of sulfonamides is 1. The molecular formula is C19H21Cl2FN2O3S. The smallest absolute Gasteiger partial charge is 0.242 e. The highest BCUT2D eigenvalue weighted by Crippen LogP contribution is 2.25. The minimum Gasteiger partial charge on any atom is -0.350 e. The van der Waals surface area contributed by atoms with Crippen LogP contribution in [0.1, 0.15) is 31.4 Å². The minimum atomic E-state index is -3.72. The van der Waals surface area contributed by atoms with Gasteiger partial charge in [0.15, 0.2) is 0 Å². The zero-order chi connectivity index (χ0) is 20.9. The zero-order valence-corrected chi connectivity index (χ0v) is 17.8. The lowest BCUT2D eigenvalue weighted by molar-refractivity contribution is -0.121. The largest absolute Gasteiger partial charge is 0.350 e. The molecule has 152 valence electrons. The maximum Gasteiger partial charge on any atom is 0.242 e. The molecule has 0 fully saturated rings. The van der Waals surface area contributed by atoms with Gasteiger partial charge in [-0.2, -0.15) is 0 Å². The molecule has 5 nitrogen and oxygen atoms in total. The molecule has 0 radical (unpaired) electrons. The summed E-state index contributed by atoms with van der Waals surface area (Å²) in [7, 11) is -2.30. The lowest BCUT2D eigenvalue weighted by atomic mass is 10.1. The minimum absolute atomic E-state index is 0.00842. The first kappa shape index (κ1) is 22.6. The van der Waals surface area contributed by atoms with Gasteiger partial charge in [0.2, 0.25) is 15.9 Å². The van der Waals surface area contributed by atoms with E-state index in [9.17, 15) is 17.6 Å². The summed E-state index contributed by atoms with van der Waals surface area (Å²) < 4.78 is 39.0. The van der Waals surface area contributed by atoms with Crippen molar-refractivity contribution in [1.82, 2.24) is 9.62 Å². The number of nitrogens with one attached hydrogen (secondary N) is 1. The number of carbonyl (C=O) groups is 1. The average Bonchev–Trinajstić information content (AvgIpc) is 2.64. The summed E-state index contributed by atoms with van der Waals surface area (Å²) in [5, 5.41) is 3.69. The predicted molar refractivity (Wildman–Crippen MR) is 108 cm³/mol. The van der Waals surface area contributed by atoms with Crippen LogP contribution in [-0.2, 0) is 14.8 Å². The Morgan fingerprint density at radius 2 is 1.79 bits per heavy atom. The quantitative estimate of drug-likeness (QED) is 0.652. The molecule has 0 heterocycles. The van der Waals surface area contributed by atoms with E-state index in [0.717, 1.165) is 22.0 Å². The predicted octanol–water partition coefficient (Wildman–Crippen LogP) is 4.41. The average molecular weight is 447 g/mol. The summed E-state index contributed by atoms with van der Waals surface area (Å²) >= 11 is 11.9. The summed E-state index contributed by atoms with van der Waals surface area (Å²) in [4.78, 5) is 12.1. The van der Waals surface area contributed by atoms with E-state index in [1.165, 1.54) is 19.2 Å². The summed E-state index contributed by atoms with van der Waals surface area (Å²) in [5.41, 5.74) is 0.818. The normalized spacial score (nSPS) is 12.8. The summed E-state index contributed by atoms with van der Waals surface area (Å²) in [6.45, 7) is 1.98. The van der Waals surface area contributed by atoms with Gasteiger partial charge in [-0.05, 0) is 55.3 Å². The number of benzene rings is 2. The van der Waals surface area contributed by atoms with Crippen LogP contribution < -0.4 is 5.32 Å². The van der Waals surface area contributed by atoms with Gasteiger partial charge in [0.25, 0.3) is 0 Å². The molecule has 0 saturated heterocycles. The van der Waals surface area contributed by atoms with E-state index in [2.05, 4.69) is 5.32 Å². The first-order valence-electron chi connectivity index (χ1n) is 8.57. The van der Waals surface area contributed by atoms with Crippen molar-refractivity contribution in [3.63, 3.8) is 0 Å². The maximum atomic E-state index is 13.0. The molecular weight excluding hydrogens is 426 g/mol. The summed E-state index contributed by atoms with van der Waals surface area (Å²) in [6, 6.07) is 9.50. The van der Waals surface area contributed by atoms with E-state index in [0.29, 0.717) is 16.5 Å². The number of amides is 1. The van der Waals surface area contributed by atoms with Crippen LogP contribution in [0, 0.1) is 5.82 Å². The molecule has 28 heavy (non-hydrogen) atoms. The van der Waals surface area contributed by atoms with E-state index >= 15 is 0 Å². The third-order valence-electron chi connectivity index (χ3n) is 4.22. The van der Waals surface area contributed by atoms with Gasteiger partial charge in [0.1, 0.15) is 5.82 Å². The second-order valence-electron chi connectivity index (χ2n) is 6.35. The SMILES string of the molecule is CC(NC(=O)CCCN(C)S(=O)(=O)c1ccc(F)cc1)c1ccc(Cl)c(Cl)c1. The van der Waals surface area contributed by atoms with Crippen molar-refractivity contribution in [2.45, 2.75) is 30.7 Å². The topological polar surface area (TPSA) is 66.5 Å². The fourth-order valence-corrected chi connectivity index (χ4v) is 4.06. The Balaban J connectivity index is 1.85. The van der Waals surface area contributed by atoms with E-state index < -0.39 is 15.8 Å². The molecule has 0 aliphatic carbocycles. The summed E-state index contributed by atoms with van der Waals surface area (Å²) in [6.07, 6.45) is 0.506. The number of hydrogen-bond donors (Lipinski definition) is 1. The van der Waals surface area contributed by atoms with Crippen LogP contribution in [0.15, 0.2) is 47.4 Å². The lowest BCUT2D eigenvalue weighted by Gasteiger charge is -2.18. The molecule has 1 N–H and O–H groups in total. The molecule has 2 aromatic carbocycles. The Morgan fingerprint density at radius 1 is 1.14 bits per heavy atom. The molecule has 2 rings (SSSR count). The molecule has 0 spiro atoms. The van der Waals surface area contributed by atoms with Gasteiger partial charge in [0, 0.05) is 20.0 Å². The van der Waals surface area contributed by atoms with E-state index in [1.807, 2.05) is 6.92 Å². The van der Waals surface area contributed by atoms with Crippen LogP contribution in [0.25, 0.3) is 0 Å². The van der Waals surface area contributed by atoms with Gasteiger partial charge >= 0.3 is 0 Å². The van der Waals surface area contributed by atoms with Gasteiger partial charge in [-0.25, -0.2) is 17.1 Å². The van der Waals surface area contributed by atoms with Crippen molar-refractivity contribution >= 4 is 39.1 Å². The third-order valence-corrected chi connectivity index (χ3v) is 6.83. The van der Waals surface area contributed by atoms with Crippen molar-refractivity contribution in [2.75, 3.05) is 13.6 Å². The van der Waals surface area contributed by atoms with E-state index in [-0.39, 0.29) is 29.8 Å². The highest BCUT2D eigenvalue weighted by Gasteiger charge is 2.20. The monoisotopic (exact) mass is 446 g/mol. The fraction of sp³-hybridized carbons (Fsp3) is 0.316. The first-order valence-corrected chi connectivity index (χ1v) is 10.8. The highest BCUT2D eigenvalue weighted by molar-refractivity contribution is 7.89. The molecule has 0 aromatic heterocycles. The number of hydrogen-bond acceptors (Lipinski definition) is 3. The molecule has 0 saturated carbocycles. The Labute approximate surface area is 174 Å². The second kappa shape index (κ2) is 9.69. The standard InChI is InChI=1S/C19H21Cl2FN2O3S/c1-13(14-5-10-17(20)18(21)12-14)23-19(25)4-3-11-24(2)28(26,27)16-8-6-15(22)7-9-16/h5-10,12-13H,3-4,11H2,1-2H3,(H,23,25). The van der Waals surface area contributed by atoms with Crippen LogP contribution in [0.3, 0.4) is 0 Å². The summed E-state index contributed by atoms with van der Waals surface area (Å²) in [5.74, 6) is -0.708. The second-order valence-corrected chi connectivity index (χ2v) is 9.21. The van der Waals surface area contributed by atoms with E-state index in [1.54, 1.807) is 18.2 Å². The van der Waals surface area contributed by atoms with Crippen molar-refractivity contribution in [3.05, 3.63) is 63.9 Å². The molecule has 1 amide bonds. The third kappa shape index (κ3) is 5.91. The lowest BCUT2D eigenvalue weighted by Crippen LogP contribution is -2.30. The molecule has 1 unspecified atom stereocenters. The number of rotatable bonds is 8. The molecule has 2 aromatic rings. The Hall–Kier alpha value is -1.67. The van der Waals surface area contributed by atoms with Gasteiger partial charge in [-0.15, -0.1) is 0 Å². The van der Waals surface area contributed by atoms with Gasteiger partial charge in [-0.1, -0.05) is 29.3 Å². The Morgan fingerprint density at radius 3 is 2.39 bits per heavy atom. The van der Waals surface area contributed by atoms with Crippen molar-refractivity contribution in [3.8, 4) is 0 Å². The Bertz CT molecular complexity index is 937. The Kier molecular flexibility index (Phi) is 7.83. The van der Waals surface area contributed by atoms with Crippen molar-refractivity contribution in [2.24, 2.45) is 0 Å². The molecule has 0 aliphatic heterocycles. The molecule has 1 atom stereocenters. The maximum absolute atomic E-state index is 13.0. The van der Waals surface area contributed by atoms with Crippen molar-refractivity contribution in [1.29, 1.82) is 0 Å². The van der Waals surface area contributed by atoms with Crippen LogP contribution in [-0.4, -0.2) is 32.2 Å². The van der Waals surface area contributed by atoms with E-state index in [4.69, 9.17) is 23.2 Å².